The summed E-state index contributed by atoms with van der Waals surface area (Å²) in [5, 5.41) is 0.857. The van der Waals surface area contributed by atoms with Crippen molar-refractivity contribution >= 4 is 42.7 Å². The second-order valence-corrected chi connectivity index (χ2v) is 7.81. The van der Waals surface area contributed by atoms with Crippen LogP contribution in [0.4, 0.5) is 0 Å². The van der Waals surface area contributed by atoms with E-state index in [4.69, 9.17) is 0 Å². The SMILES string of the molecule is O=S1[C@@H]2CC[C@H](Br)[C@H]1CC[C@H]2Br. The first-order valence-corrected chi connectivity index (χ1v) is 7.48. The molecule has 0 radical (unpaired) electrons. The Morgan fingerprint density at radius 2 is 1.33 bits per heavy atom. The van der Waals surface area contributed by atoms with E-state index in [1.807, 2.05) is 0 Å². The lowest BCUT2D eigenvalue weighted by molar-refractivity contribution is 0.488. The Balaban J connectivity index is 2.18. The molecule has 2 rings (SSSR count). The molecule has 0 aromatic heterocycles. The van der Waals surface area contributed by atoms with Crippen LogP contribution in [0.3, 0.4) is 0 Å². The van der Waals surface area contributed by atoms with Crippen LogP contribution in [0.2, 0.25) is 0 Å². The smallest absolute Gasteiger partial charge is 0.0476 e. The summed E-state index contributed by atoms with van der Waals surface area (Å²) in [4.78, 5) is 1.02. The van der Waals surface area contributed by atoms with Crippen LogP contribution in [0.5, 0.6) is 0 Å². The molecule has 4 heteroatoms. The second-order valence-electron chi connectivity index (χ2n) is 3.59. The maximum Gasteiger partial charge on any atom is 0.0476 e. The van der Waals surface area contributed by atoms with Crippen molar-refractivity contribution in [3.05, 3.63) is 0 Å². The van der Waals surface area contributed by atoms with Crippen LogP contribution >= 0.6 is 31.9 Å². The molecular weight excluding hydrogens is 304 g/mol. The summed E-state index contributed by atoms with van der Waals surface area (Å²) in [5.41, 5.74) is 0. The van der Waals surface area contributed by atoms with Crippen LogP contribution in [0.1, 0.15) is 25.7 Å². The molecule has 1 unspecified atom stereocenters. The molecule has 0 amide bonds. The maximum atomic E-state index is 11.9. The Morgan fingerprint density at radius 3 is 1.75 bits per heavy atom. The van der Waals surface area contributed by atoms with Gasteiger partial charge in [0.1, 0.15) is 0 Å². The van der Waals surface area contributed by atoms with Crippen molar-refractivity contribution in [2.45, 2.75) is 45.8 Å². The lowest BCUT2D eigenvalue weighted by atomic mass is 9.99. The summed E-state index contributed by atoms with van der Waals surface area (Å²) in [6.07, 6.45) is 4.64. The van der Waals surface area contributed by atoms with Crippen molar-refractivity contribution in [3.63, 3.8) is 0 Å². The molecule has 2 aliphatic rings. The average molecular weight is 316 g/mol. The molecular formula is C8H12Br2OS. The molecule has 2 fully saturated rings. The van der Waals surface area contributed by atoms with E-state index in [1.165, 1.54) is 12.8 Å². The van der Waals surface area contributed by atoms with Gasteiger partial charge in [0.2, 0.25) is 0 Å². The molecule has 0 aromatic rings. The van der Waals surface area contributed by atoms with Gasteiger partial charge in [-0.05, 0) is 25.7 Å². The summed E-state index contributed by atoms with van der Waals surface area (Å²) >= 11 is 7.26. The van der Waals surface area contributed by atoms with E-state index in [-0.39, 0.29) is 0 Å². The fourth-order valence-corrected chi connectivity index (χ4v) is 6.50. The van der Waals surface area contributed by atoms with Gasteiger partial charge in [-0.1, -0.05) is 31.9 Å². The fraction of sp³-hybridized carbons (Fsp3) is 1.00. The number of alkyl halides is 2. The van der Waals surface area contributed by atoms with Gasteiger partial charge in [0.05, 0.1) is 0 Å². The van der Waals surface area contributed by atoms with Gasteiger partial charge in [0.25, 0.3) is 0 Å². The lowest BCUT2D eigenvalue weighted by Gasteiger charge is -2.39. The Kier molecular flexibility index (Phi) is 2.97. The fourth-order valence-electron chi connectivity index (χ4n) is 2.13. The lowest BCUT2D eigenvalue weighted by Crippen LogP contribution is -2.46. The van der Waals surface area contributed by atoms with Crippen molar-refractivity contribution in [1.29, 1.82) is 0 Å². The summed E-state index contributed by atoms with van der Waals surface area (Å²) in [7, 11) is -0.590. The first kappa shape index (κ1) is 9.66. The highest BCUT2D eigenvalue weighted by Crippen LogP contribution is 2.39. The van der Waals surface area contributed by atoms with Gasteiger partial charge in [-0.2, -0.15) is 0 Å². The molecule has 0 aromatic carbocycles. The van der Waals surface area contributed by atoms with Gasteiger partial charge < -0.3 is 0 Å². The third kappa shape index (κ3) is 1.55. The Morgan fingerprint density at radius 1 is 0.917 bits per heavy atom. The average Bonchev–Trinajstić information content (AvgIpc) is 2.01. The zero-order chi connectivity index (χ0) is 8.72. The van der Waals surface area contributed by atoms with Crippen molar-refractivity contribution < 1.29 is 4.21 Å². The molecule has 2 bridgehead atoms. The molecule has 2 aliphatic heterocycles. The van der Waals surface area contributed by atoms with Crippen LogP contribution in [0, 0.1) is 0 Å². The standard InChI is InChI=1S/C8H12Br2OS/c9-5-1-3-7-6(10)2-4-8(5)12(7)11/h5-8H,1-4H2/t5-,6+,7-,8-,12?/m1/s1. The number of rotatable bonds is 0. The predicted molar refractivity (Wildman–Crippen MR) is 59.6 cm³/mol. The summed E-state index contributed by atoms with van der Waals surface area (Å²) in [6, 6.07) is 0. The van der Waals surface area contributed by atoms with Crippen molar-refractivity contribution in [2.24, 2.45) is 0 Å². The number of fused-ring (bicyclic) bond motifs is 2. The highest BCUT2D eigenvalue weighted by Gasteiger charge is 2.42. The van der Waals surface area contributed by atoms with Gasteiger partial charge in [0.15, 0.2) is 0 Å². The summed E-state index contributed by atoms with van der Waals surface area (Å²) in [6.45, 7) is 0. The monoisotopic (exact) mass is 314 g/mol. The van der Waals surface area contributed by atoms with Gasteiger partial charge in [-0.3, -0.25) is 4.21 Å². The molecule has 0 spiro atoms. The molecule has 0 aliphatic carbocycles. The largest absolute Gasteiger partial charge is 0.259 e. The minimum absolute atomic E-state index is 0.428. The molecule has 1 nitrogen and oxygen atoms in total. The van der Waals surface area contributed by atoms with Crippen LogP contribution < -0.4 is 0 Å². The van der Waals surface area contributed by atoms with E-state index >= 15 is 0 Å². The minimum Gasteiger partial charge on any atom is -0.259 e. The van der Waals surface area contributed by atoms with Crippen LogP contribution in [0.25, 0.3) is 0 Å². The molecule has 2 heterocycles. The zero-order valence-electron chi connectivity index (χ0n) is 6.71. The van der Waals surface area contributed by atoms with Crippen molar-refractivity contribution in [3.8, 4) is 0 Å². The quantitative estimate of drug-likeness (QED) is 0.628. The van der Waals surface area contributed by atoms with E-state index < -0.39 is 10.8 Å². The van der Waals surface area contributed by atoms with E-state index in [1.54, 1.807) is 0 Å². The highest BCUT2D eigenvalue weighted by molar-refractivity contribution is 9.10. The van der Waals surface area contributed by atoms with Crippen LogP contribution in [-0.4, -0.2) is 24.4 Å². The predicted octanol–water partition coefficient (Wildman–Crippen LogP) is 2.59. The molecule has 2 saturated heterocycles. The van der Waals surface area contributed by atoms with Gasteiger partial charge in [-0.25, -0.2) is 0 Å². The van der Waals surface area contributed by atoms with E-state index in [2.05, 4.69) is 31.9 Å². The summed E-state index contributed by atoms with van der Waals surface area (Å²) < 4.78 is 11.9. The minimum atomic E-state index is -0.590. The second kappa shape index (κ2) is 3.70. The van der Waals surface area contributed by atoms with E-state index in [0.29, 0.717) is 20.2 Å². The van der Waals surface area contributed by atoms with Gasteiger partial charge >= 0.3 is 0 Å². The first-order chi connectivity index (χ1) is 5.70. The topological polar surface area (TPSA) is 17.1 Å². The summed E-state index contributed by atoms with van der Waals surface area (Å²) in [5.74, 6) is 0. The third-order valence-corrected chi connectivity index (χ3v) is 8.07. The molecule has 0 N–H and O–H groups in total. The Bertz CT molecular complexity index is 189. The Hall–Kier alpha value is 1.11. The van der Waals surface area contributed by atoms with Gasteiger partial charge in [-0.15, -0.1) is 0 Å². The zero-order valence-corrected chi connectivity index (χ0v) is 10.7. The maximum absolute atomic E-state index is 11.9. The van der Waals surface area contributed by atoms with E-state index in [0.717, 1.165) is 12.8 Å². The highest BCUT2D eigenvalue weighted by atomic mass is 79.9. The van der Waals surface area contributed by atoms with Crippen LogP contribution in [0.15, 0.2) is 0 Å². The van der Waals surface area contributed by atoms with Gasteiger partial charge in [0, 0.05) is 31.0 Å². The number of halogens is 2. The van der Waals surface area contributed by atoms with E-state index in [9.17, 15) is 4.21 Å². The molecule has 70 valence electrons. The number of hydrogen-bond donors (Lipinski definition) is 0. The van der Waals surface area contributed by atoms with Crippen molar-refractivity contribution in [2.75, 3.05) is 0 Å². The first-order valence-electron chi connectivity index (χ1n) is 4.37. The van der Waals surface area contributed by atoms with Crippen molar-refractivity contribution in [1.82, 2.24) is 0 Å². The molecule has 0 saturated carbocycles. The number of hydrogen-bond acceptors (Lipinski definition) is 1. The van der Waals surface area contributed by atoms with Crippen LogP contribution in [-0.2, 0) is 10.8 Å². The Labute approximate surface area is 92.4 Å². The molecule has 5 atom stereocenters. The molecule has 12 heavy (non-hydrogen) atoms. The normalized spacial score (nSPS) is 53.7. The third-order valence-electron chi connectivity index (χ3n) is 2.86.